The molecule has 1 aliphatic rings. The van der Waals surface area contributed by atoms with Crippen molar-refractivity contribution in [2.24, 2.45) is 5.16 Å². The van der Waals surface area contributed by atoms with Gasteiger partial charge in [-0.2, -0.15) is 0 Å². The van der Waals surface area contributed by atoms with Crippen LogP contribution in [0, 0.1) is 0 Å². The van der Waals surface area contributed by atoms with Gasteiger partial charge in [0, 0.05) is 13.1 Å². The Balaban J connectivity index is 1.61. The first kappa shape index (κ1) is 17.1. The molecule has 22 heavy (non-hydrogen) atoms. The van der Waals surface area contributed by atoms with Gasteiger partial charge < -0.3 is 19.6 Å². The molecular weight excluding hydrogens is 328 g/mol. The van der Waals surface area contributed by atoms with Gasteiger partial charge >= 0.3 is 6.09 Å². The van der Waals surface area contributed by atoms with Crippen LogP contribution < -0.4 is 0 Å². The van der Waals surface area contributed by atoms with Gasteiger partial charge in [0.15, 0.2) is 0 Å². The summed E-state index contributed by atoms with van der Waals surface area (Å²) in [5.41, 5.74) is 0.784. The molecule has 0 aromatic carbocycles. The monoisotopic (exact) mass is 346 g/mol. The summed E-state index contributed by atoms with van der Waals surface area (Å²) >= 11 is 7.32. The maximum Gasteiger partial charge on any atom is 0.407 e. The smallest absolute Gasteiger partial charge is 0.407 e. The molecule has 6 nitrogen and oxygen atoms in total. The Morgan fingerprint density at radius 2 is 2.18 bits per heavy atom. The zero-order chi connectivity index (χ0) is 15.9. The Morgan fingerprint density at radius 3 is 2.77 bits per heavy atom. The van der Waals surface area contributed by atoms with Gasteiger partial charge in [0.25, 0.3) is 0 Å². The van der Waals surface area contributed by atoms with Gasteiger partial charge in [-0.15, -0.1) is 11.3 Å². The molecule has 0 unspecified atom stereocenters. The average molecular weight is 347 g/mol. The van der Waals surface area contributed by atoms with Gasteiger partial charge in [-0.05, 0) is 31.9 Å². The first-order chi connectivity index (χ1) is 10.6. The molecule has 1 aromatic heterocycles. The summed E-state index contributed by atoms with van der Waals surface area (Å²) in [6, 6.07) is 3.73. The van der Waals surface area contributed by atoms with Gasteiger partial charge in [0.05, 0.1) is 27.6 Å². The SMILES string of the molecule is C/C(=N/OCCOC1CCN(C(=O)O)CC1)c1ccc(Cl)s1. The molecule has 2 heterocycles. The molecule has 1 N–H and O–H groups in total. The average Bonchev–Trinajstić information content (AvgIpc) is 2.94. The van der Waals surface area contributed by atoms with Crippen molar-refractivity contribution >= 4 is 34.7 Å². The fraction of sp³-hybridized carbons (Fsp3) is 0.571. The molecular formula is C14H19ClN2O4S. The van der Waals surface area contributed by atoms with Crippen molar-refractivity contribution in [3.8, 4) is 0 Å². The van der Waals surface area contributed by atoms with Crippen LogP contribution in [0.4, 0.5) is 4.79 Å². The zero-order valence-corrected chi connectivity index (χ0v) is 13.9. The van der Waals surface area contributed by atoms with Crippen LogP contribution in [-0.4, -0.2) is 54.2 Å². The Morgan fingerprint density at radius 1 is 1.45 bits per heavy atom. The summed E-state index contributed by atoms with van der Waals surface area (Å²) in [6.07, 6.45) is 0.686. The summed E-state index contributed by atoms with van der Waals surface area (Å²) < 4.78 is 6.39. The number of carbonyl (C=O) groups is 1. The quantitative estimate of drug-likeness (QED) is 0.487. The second kappa shape index (κ2) is 8.36. The summed E-state index contributed by atoms with van der Waals surface area (Å²) in [6.45, 7) is 3.73. The number of rotatable bonds is 6. The molecule has 1 fully saturated rings. The summed E-state index contributed by atoms with van der Waals surface area (Å²) in [5, 5.41) is 12.9. The molecule has 1 saturated heterocycles. The standard InChI is InChI=1S/C14H19ClN2O4S/c1-10(12-2-3-13(15)22-12)16-21-9-8-20-11-4-6-17(7-5-11)14(18)19/h2-3,11H,4-9H2,1H3,(H,18,19)/b16-10-. The van der Waals surface area contributed by atoms with E-state index < -0.39 is 6.09 Å². The molecule has 1 amide bonds. The highest BCUT2D eigenvalue weighted by Crippen LogP contribution is 2.22. The largest absolute Gasteiger partial charge is 0.465 e. The maximum atomic E-state index is 10.8. The van der Waals surface area contributed by atoms with Crippen molar-refractivity contribution < 1.29 is 19.5 Å². The lowest BCUT2D eigenvalue weighted by atomic mass is 10.1. The van der Waals surface area contributed by atoms with Gasteiger partial charge in [-0.3, -0.25) is 0 Å². The minimum atomic E-state index is -0.861. The van der Waals surface area contributed by atoms with Crippen molar-refractivity contribution in [3.63, 3.8) is 0 Å². The fourth-order valence-electron chi connectivity index (χ4n) is 2.16. The van der Waals surface area contributed by atoms with Crippen molar-refractivity contribution in [3.05, 3.63) is 21.3 Å². The Bertz CT molecular complexity index is 527. The number of nitrogens with zero attached hydrogens (tertiary/aromatic N) is 2. The molecule has 0 spiro atoms. The Labute approximate surface area is 138 Å². The molecule has 1 aliphatic heterocycles. The number of hydrogen-bond donors (Lipinski definition) is 1. The minimum Gasteiger partial charge on any atom is -0.465 e. The molecule has 2 rings (SSSR count). The fourth-order valence-corrected chi connectivity index (χ4v) is 3.14. The summed E-state index contributed by atoms with van der Waals surface area (Å²) in [7, 11) is 0. The topological polar surface area (TPSA) is 71.4 Å². The predicted octanol–water partition coefficient (Wildman–Crippen LogP) is 3.30. The first-order valence-corrected chi connectivity index (χ1v) is 8.27. The van der Waals surface area contributed by atoms with Crippen LogP contribution in [0.5, 0.6) is 0 Å². The highest BCUT2D eigenvalue weighted by Gasteiger charge is 2.22. The van der Waals surface area contributed by atoms with Crippen LogP contribution >= 0.6 is 22.9 Å². The van der Waals surface area contributed by atoms with Crippen molar-refractivity contribution in [1.29, 1.82) is 0 Å². The van der Waals surface area contributed by atoms with Crippen molar-refractivity contribution in [2.75, 3.05) is 26.3 Å². The van der Waals surface area contributed by atoms with Crippen LogP contribution in [0.15, 0.2) is 17.3 Å². The minimum absolute atomic E-state index is 0.0976. The van der Waals surface area contributed by atoms with E-state index in [9.17, 15) is 4.79 Å². The van der Waals surface area contributed by atoms with Gasteiger partial charge in [0.1, 0.15) is 6.61 Å². The second-order valence-corrected chi connectivity index (χ2v) is 6.67. The van der Waals surface area contributed by atoms with E-state index in [2.05, 4.69) is 5.16 Å². The third-order valence-corrected chi connectivity index (χ3v) is 4.71. The summed E-state index contributed by atoms with van der Waals surface area (Å²) in [5.74, 6) is 0. The molecule has 0 bridgehead atoms. The van der Waals surface area contributed by atoms with Crippen LogP contribution in [0.25, 0.3) is 0 Å². The van der Waals surface area contributed by atoms with Crippen LogP contribution in [0.3, 0.4) is 0 Å². The van der Waals surface area contributed by atoms with E-state index in [1.165, 1.54) is 16.2 Å². The molecule has 0 aliphatic carbocycles. The predicted molar refractivity (Wildman–Crippen MR) is 86.1 cm³/mol. The van der Waals surface area contributed by atoms with Gasteiger partial charge in [0.2, 0.25) is 0 Å². The zero-order valence-electron chi connectivity index (χ0n) is 12.3. The van der Waals surface area contributed by atoms with Crippen LogP contribution in [-0.2, 0) is 9.57 Å². The highest BCUT2D eigenvalue weighted by molar-refractivity contribution is 7.18. The van der Waals surface area contributed by atoms with Gasteiger partial charge in [-0.25, -0.2) is 4.79 Å². The van der Waals surface area contributed by atoms with E-state index in [4.69, 9.17) is 26.3 Å². The number of likely N-dealkylation sites (tertiary alicyclic amines) is 1. The Hall–Kier alpha value is -1.31. The van der Waals surface area contributed by atoms with E-state index in [0.717, 1.165) is 27.8 Å². The maximum absolute atomic E-state index is 10.8. The highest BCUT2D eigenvalue weighted by atomic mass is 35.5. The molecule has 122 valence electrons. The number of amides is 1. The lowest BCUT2D eigenvalue weighted by Gasteiger charge is -2.29. The lowest BCUT2D eigenvalue weighted by Crippen LogP contribution is -2.40. The van der Waals surface area contributed by atoms with E-state index >= 15 is 0 Å². The molecule has 1 aromatic rings. The molecule has 0 radical (unpaired) electrons. The van der Waals surface area contributed by atoms with Crippen LogP contribution in [0.1, 0.15) is 24.6 Å². The second-order valence-electron chi connectivity index (χ2n) is 4.95. The Kier molecular flexibility index (Phi) is 6.48. The summed E-state index contributed by atoms with van der Waals surface area (Å²) in [4.78, 5) is 18.4. The number of piperidine rings is 1. The van der Waals surface area contributed by atoms with E-state index in [-0.39, 0.29) is 6.10 Å². The van der Waals surface area contributed by atoms with E-state index in [1.54, 1.807) is 0 Å². The lowest BCUT2D eigenvalue weighted by molar-refractivity contribution is -0.0192. The molecule has 8 heteroatoms. The van der Waals surface area contributed by atoms with Crippen LogP contribution in [0.2, 0.25) is 4.34 Å². The number of thiophene rings is 1. The van der Waals surface area contributed by atoms with Crippen molar-refractivity contribution in [2.45, 2.75) is 25.9 Å². The number of halogens is 1. The first-order valence-electron chi connectivity index (χ1n) is 7.08. The third-order valence-electron chi connectivity index (χ3n) is 3.37. The van der Waals surface area contributed by atoms with Gasteiger partial charge in [-0.1, -0.05) is 16.8 Å². The molecule has 0 saturated carbocycles. The molecule has 0 atom stereocenters. The van der Waals surface area contributed by atoms with E-state index in [0.29, 0.717) is 26.3 Å². The van der Waals surface area contributed by atoms with E-state index in [1.807, 2.05) is 19.1 Å². The third kappa shape index (κ3) is 5.15. The number of oxime groups is 1. The number of hydrogen-bond acceptors (Lipinski definition) is 5. The normalized spacial score (nSPS) is 16.8. The van der Waals surface area contributed by atoms with Crippen molar-refractivity contribution in [1.82, 2.24) is 4.90 Å². The number of ether oxygens (including phenoxy) is 1. The number of carboxylic acid groups (broad SMARTS) is 1.